The average Bonchev–Trinajstić information content (AvgIpc) is 2.85. The summed E-state index contributed by atoms with van der Waals surface area (Å²) in [5.41, 5.74) is 1.27. The molecule has 3 rings (SSSR count). The van der Waals surface area contributed by atoms with Gasteiger partial charge in [-0.1, -0.05) is 30.3 Å². The third-order valence-electron chi connectivity index (χ3n) is 5.03. The molecule has 174 valence electrons. The lowest BCUT2D eigenvalue weighted by molar-refractivity contribution is -0.204. The van der Waals surface area contributed by atoms with E-state index >= 15 is 0 Å². The van der Waals surface area contributed by atoms with Crippen LogP contribution in [-0.4, -0.2) is 52.4 Å². The van der Waals surface area contributed by atoms with Crippen LogP contribution in [0, 0.1) is 0 Å². The van der Waals surface area contributed by atoms with Gasteiger partial charge in [0.1, 0.15) is 36.2 Å². The number of halogens is 1. The van der Waals surface area contributed by atoms with Crippen molar-refractivity contribution >= 4 is 29.0 Å². The molecule has 1 aliphatic rings. The first-order valence-corrected chi connectivity index (χ1v) is 11.0. The van der Waals surface area contributed by atoms with E-state index in [9.17, 15) is 4.79 Å². The minimum Gasteiger partial charge on any atom is -0.493 e. The molecule has 1 heterocycles. The summed E-state index contributed by atoms with van der Waals surface area (Å²) in [6, 6.07) is 12.8. The Morgan fingerprint density at radius 1 is 1.06 bits per heavy atom. The van der Waals surface area contributed by atoms with Crippen molar-refractivity contribution < 1.29 is 36.3 Å². The van der Waals surface area contributed by atoms with Gasteiger partial charge < -0.3 is 31.5 Å². The van der Waals surface area contributed by atoms with Crippen molar-refractivity contribution in [1.29, 1.82) is 0 Å². The van der Waals surface area contributed by atoms with E-state index in [1.165, 1.54) is 14.2 Å². The number of esters is 1. The fraction of sp³-hybridized carbons (Fsp3) is 0.435. The Balaban J connectivity index is 1.71. The topological polar surface area (TPSA) is 81.7 Å². The first-order chi connectivity index (χ1) is 15.6. The molecular weight excluding hydrogens is 531 g/mol. The van der Waals surface area contributed by atoms with Crippen molar-refractivity contribution in [2.45, 2.75) is 37.9 Å². The number of carbonyl (C=O) groups is 1. The summed E-state index contributed by atoms with van der Waals surface area (Å²) in [7, 11) is 4.59. The van der Waals surface area contributed by atoms with Gasteiger partial charge in [-0.3, -0.25) is 0 Å². The fourth-order valence-electron chi connectivity index (χ4n) is 3.40. The van der Waals surface area contributed by atoms with Gasteiger partial charge in [-0.25, -0.2) is 4.79 Å². The molecule has 0 amide bonds. The molecule has 0 N–H and O–H groups in total. The molecule has 2 aromatic rings. The van der Waals surface area contributed by atoms with Gasteiger partial charge in [-0.15, -0.1) is 0 Å². The summed E-state index contributed by atoms with van der Waals surface area (Å²) < 4.78 is 38.8. The van der Waals surface area contributed by atoms with Crippen LogP contribution in [-0.2, 0) is 23.9 Å². The van der Waals surface area contributed by atoms with Gasteiger partial charge in [0.05, 0.1) is 32.0 Å². The van der Waals surface area contributed by atoms with Gasteiger partial charge in [0.15, 0.2) is 17.8 Å². The number of rotatable bonds is 10. The molecule has 0 radical (unpaired) electrons. The van der Waals surface area contributed by atoms with E-state index in [1.54, 1.807) is 19.2 Å². The Morgan fingerprint density at radius 2 is 1.81 bits per heavy atom. The molecule has 9 heteroatoms. The quantitative estimate of drug-likeness (QED) is 0.315. The molecule has 0 aliphatic carbocycles. The van der Waals surface area contributed by atoms with Gasteiger partial charge in [-0.05, 0) is 17.7 Å². The van der Waals surface area contributed by atoms with Gasteiger partial charge >= 0.3 is 5.97 Å². The first kappa shape index (κ1) is 24.6. The number of hydrogen-bond acceptors (Lipinski definition) is 8. The van der Waals surface area contributed by atoms with Gasteiger partial charge in [0.25, 0.3) is 0 Å². The van der Waals surface area contributed by atoms with E-state index in [2.05, 4.69) is 0 Å². The van der Waals surface area contributed by atoms with Crippen LogP contribution in [0.1, 0.15) is 28.8 Å². The van der Waals surface area contributed by atoms with Crippen molar-refractivity contribution in [2.75, 3.05) is 27.9 Å². The Hall–Kier alpha value is -2.08. The largest absolute Gasteiger partial charge is 0.493 e. The summed E-state index contributed by atoms with van der Waals surface area (Å²) in [6.45, 7) is 0.384. The predicted octanol–water partition coefficient (Wildman–Crippen LogP) is 4.33. The SMILES string of the molecule is COc1cc(C(=O)OCC2CC(OI)CC(OC)O2)cc(OCc2ccccc2)c1OC. The second-order valence-electron chi connectivity index (χ2n) is 7.19. The van der Waals surface area contributed by atoms with Crippen molar-refractivity contribution in [2.24, 2.45) is 0 Å². The lowest BCUT2D eigenvalue weighted by Crippen LogP contribution is -2.39. The van der Waals surface area contributed by atoms with Gasteiger partial charge in [-0.2, -0.15) is 0 Å². The Morgan fingerprint density at radius 3 is 2.47 bits per heavy atom. The summed E-state index contributed by atoms with van der Waals surface area (Å²) in [6.07, 6.45) is 0.476. The molecule has 0 spiro atoms. The maximum atomic E-state index is 12.8. The highest BCUT2D eigenvalue weighted by Crippen LogP contribution is 2.39. The van der Waals surface area contributed by atoms with Crippen molar-refractivity contribution in [1.82, 2.24) is 0 Å². The number of methoxy groups -OCH3 is 3. The lowest BCUT2D eigenvalue weighted by atomic mass is 10.1. The highest BCUT2D eigenvalue weighted by molar-refractivity contribution is 14.1. The zero-order valence-electron chi connectivity index (χ0n) is 18.2. The smallest absolute Gasteiger partial charge is 0.338 e. The van der Waals surface area contributed by atoms with Crippen LogP contribution in [0.2, 0.25) is 0 Å². The second kappa shape index (κ2) is 12.2. The molecular formula is C23H27IO8. The van der Waals surface area contributed by atoms with E-state index < -0.39 is 12.3 Å². The third-order valence-corrected chi connectivity index (χ3v) is 5.75. The monoisotopic (exact) mass is 558 g/mol. The van der Waals surface area contributed by atoms with E-state index in [-0.39, 0.29) is 24.4 Å². The molecule has 0 aromatic heterocycles. The van der Waals surface area contributed by atoms with E-state index in [0.717, 1.165) is 5.56 Å². The summed E-state index contributed by atoms with van der Waals surface area (Å²) >= 11 is 1.87. The molecule has 1 saturated heterocycles. The first-order valence-electron chi connectivity index (χ1n) is 10.1. The van der Waals surface area contributed by atoms with Crippen LogP contribution >= 0.6 is 23.0 Å². The lowest BCUT2D eigenvalue weighted by Gasteiger charge is -2.32. The standard InChI is InChI=1S/C23H27IO8/c1-26-19-9-16(10-20(22(19)28-3)29-13-15-7-5-4-6-8-15)23(25)30-14-18-11-17(32-24)12-21(27-2)31-18/h4-10,17-18,21H,11-14H2,1-3H3. The Labute approximate surface area is 201 Å². The van der Waals surface area contributed by atoms with Gasteiger partial charge in [0.2, 0.25) is 5.75 Å². The normalized spacial score (nSPS) is 20.4. The number of hydrogen-bond donors (Lipinski definition) is 0. The minimum absolute atomic E-state index is 0.0305. The van der Waals surface area contributed by atoms with E-state index in [1.807, 2.05) is 53.3 Å². The zero-order chi connectivity index (χ0) is 22.9. The minimum atomic E-state index is -0.523. The van der Waals surface area contributed by atoms with E-state index in [4.69, 9.17) is 31.5 Å². The van der Waals surface area contributed by atoms with Crippen LogP contribution in [0.25, 0.3) is 0 Å². The van der Waals surface area contributed by atoms with Crippen LogP contribution in [0.3, 0.4) is 0 Å². The molecule has 1 aliphatic heterocycles. The molecule has 0 saturated carbocycles. The van der Waals surface area contributed by atoms with Gasteiger partial charge in [0, 0.05) is 20.0 Å². The average molecular weight is 558 g/mol. The molecule has 8 nitrogen and oxygen atoms in total. The highest BCUT2D eigenvalue weighted by Gasteiger charge is 2.31. The highest BCUT2D eigenvalue weighted by atomic mass is 127. The summed E-state index contributed by atoms with van der Waals surface area (Å²) in [5, 5.41) is 0. The molecule has 1 fully saturated rings. The van der Waals surface area contributed by atoms with E-state index in [0.29, 0.717) is 36.7 Å². The molecule has 2 aromatic carbocycles. The van der Waals surface area contributed by atoms with Crippen LogP contribution < -0.4 is 14.2 Å². The van der Waals surface area contributed by atoms with Crippen molar-refractivity contribution in [3.8, 4) is 17.2 Å². The molecule has 32 heavy (non-hydrogen) atoms. The van der Waals surface area contributed by atoms with Crippen LogP contribution in [0.5, 0.6) is 17.2 Å². The second-order valence-corrected chi connectivity index (χ2v) is 7.70. The van der Waals surface area contributed by atoms with Crippen LogP contribution in [0.15, 0.2) is 42.5 Å². The zero-order valence-corrected chi connectivity index (χ0v) is 20.4. The molecule has 3 atom stereocenters. The third kappa shape index (κ3) is 6.47. The summed E-state index contributed by atoms with van der Waals surface area (Å²) in [5.74, 6) is 0.636. The summed E-state index contributed by atoms with van der Waals surface area (Å²) in [4.78, 5) is 12.8. The number of benzene rings is 2. The molecule has 3 unspecified atom stereocenters. The molecule has 0 bridgehead atoms. The van der Waals surface area contributed by atoms with Crippen molar-refractivity contribution in [3.63, 3.8) is 0 Å². The number of carbonyl (C=O) groups excluding carboxylic acids is 1. The fourth-order valence-corrected chi connectivity index (χ4v) is 3.82. The number of ether oxygens (including phenoxy) is 6. The maximum Gasteiger partial charge on any atom is 0.338 e. The van der Waals surface area contributed by atoms with Crippen molar-refractivity contribution in [3.05, 3.63) is 53.6 Å². The Kier molecular flexibility index (Phi) is 9.39. The predicted molar refractivity (Wildman–Crippen MR) is 124 cm³/mol. The Bertz CT molecular complexity index is 864. The van der Waals surface area contributed by atoms with Crippen LogP contribution in [0.4, 0.5) is 0 Å². The maximum absolute atomic E-state index is 12.8.